The molecule has 0 spiro atoms. The molecule has 0 saturated carbocycles. The molecule has 0 bridgehead atoms. The van der Waals surface area contributed by atoms with E-state index in [1.165, 1.54) is 0 Å². The van der Waals surface area contributed by atoms with Crippen LogP contribution in [0, 0.1) is 0 Å². The summed E-state index contributed by atoms with van der Waals surface area (Å²) in [5.74, 6) is 0.984. The molecule has 0 aliphatic carbocycles. The second-order valence-corrected chi connectivity index (χ2v) is 4.25. The van der Waals surface area contributed by atoms with E-state index in [0.717, 1.165) is 31.9 Å². The smallest absolute Gasteiger partial charge is 0.219 e. The maximum atomic E-state index is 11.1. The molecular formula is C15H22N2O2. The number of benzene rings is 1. The predicted octanol–water partition coefficient (Wildman–Crippen LogP) is 2.34. The first-order valence-corrected chi connectivity index (χ1v) is 6.48. The highest BCUT2D eigenvalue weighted by Crippen LogP contribution is 2.12. The van der Waals surface area contributed by atoms with Crippen molar-refractivity contribution >= 4 is 5.91 Å². The van der Waals surface area contributed by atoms with Crippen LogP contribution in [0.2, 0.25) is 0 Å². The van der Waals surface area contributed by atoms with Gasteiger partial charge in [-0.25, -0.2) is 0 Å². The van der Waals surface area contributed by atoms with Crippen molar-refractivity contribution in [2.75, 3.05) is 26.2 Å². The van der Waals surface area contributed by atoms with E-state index in [2.05, 4.69) is 6.58 Å². The molecule has 1 aliphatic rings. The number of hydrogen-bond acceptors (Lipinski definition) is 3. The summed E-state index contributed by atoms with van der Waals surface area (Å²) < 4.78 is 0. The number of carbonyl (C=O) groups is 1. The zero-order chi connectivity index (χ0) is 14.1. The summed E-state index contributed by atoms with van der Waals surface area (Å²) >= 11 is 0. The van der Waals surface area contributed by atoms with E-state index in [1.807, 2.05) is 47.2 Å². The molecule has 0 aromatic heterocycles. The summed E-state index contributed by atoms with van der Waals surface area (Å²) in [5, 5.41) is 1.90. The summed E-state index contributed by atoms with van der Waals surface area (Å²) in [6, 6.07) is 9.71. The van der Waals surface area contributed by atoms with Crippen molar-refractivity contribution in [3.8, 4) is 5.75 Å². The van der Waals surface area contributed by atoms with Gasteiger partial charge in [-0.2, -0.15) is 0 Å². The minimum absolute atomic E-state index is 0.138. The van der Waals surface area contributed by atoms with Crippen molar-refractivity contribution in [1.82, 2.24) is 9.96 Å². The number of allylic oxidation sites excluding steroid dienone is 1. The van der Waals surface area contributed by atoms with Gasteiger partial charge in [0.15, 0.2) is 0 Å². The third-order valence-electron chi connectivity index (χ3n) is 2.66. The Labute approximate surface area is 115 Å². The number of hydroxylamine groups is 2. The van der Waals surface area contributed by atoms with Crippen LogP contribution in [-0.4, -0.2) is 42.0 Å². The molecule has 4 nitrogen and oxygen atoms in total. The Morgan fingerprint density at radius 3 is 2.21 bits per heavy atom. The second-order valence-electron chi connectivity index (χ2n) is 4.25. The van der Waals surface area contributed by atoms with Gasteiger partial charge in [-0.15, -0.1) is 11.6 Å². The molecule has 19 heavy (non-hydrogen) atoms. The molecule has 0 radical (unpaired) electrons. The zero-order valence-corrected chi connectivity index (χ0v) is 11.7. The van der Waals surface area contributed by atoms with Gasteiger partial charge in [-0.05, 0) is 19.1 Å². The number of para-hydroxylation sites is 1. The number of rotatable bonds is 2. The minimum atomic E-state index is 0.138. The molecule has 1 aliphatic heterocycles. The van der Waals surface area contributed by atoms with E-state index in [4.69, 9.17) is 4.84 Å². The van der Waals surface area contributed by atoms with E-state index in [9.17, 15) is 4.79 Å². The van der Waals surface area contributed by atoms with Gasteiger partial charge in [0.05, 0.1) is 13.1 Å². The van der Waals surface area contributed by atoms with Crippen LogP contribution in [0.15, 0.2) is 43.0 Å². The number of piperazine rings is 1. The van der Waals surface area contributed by atoms with Crippen molar-refractivity contribution < 1.29 is 9.63 Å². The Bertz CT molecular complexity index is 384. The third kappa shape index (κ3) is 5.57. The second kappa shape index (κ2) is 8.32. The van der Waals surface area contributed by atoms with E-state index >= 15 is 0 Å². The number of hydrogen-bond donors (Lipinski definition) is 0. The van der Waals surface area contributed by atoms with Gasteiger partial charge >= 0.3 is 0 Å². The monoisotopic (exact) mass is 262 g/mol. The molecule has 1 saturated heterocycles. The molecule has 1 amide bonds. The number of carbonyl (C=O) groups excluding carboxylic acids is 1. The van der Waals surface area contributed by atoms with Crippen molar-refractivity contribution in [2.45, 2.75) is 13.8 Å². The van der Waals surface area contributed by atoms with E-state index in [1.54, 1.807) is 13.0 Å². The molecule has 1 aromatic rings. The van der Waals surface area contributed by atoms with Gasteiger partial charge in [0, 0.05) is 20.0 Å². The fourth-order valence-corrected chi connectivity index (χ4v) is 1.72. The van der Waals surface area contributed by atoms with Crippen LogP contribution in [0.3, 0.4) is 0 Å². The summed E-state index contributed by atoms with van der Waals surface area (Å²) in [6.45, 7) is 9.85. The minimum Gasteiger partial charge on any atom is -0.406 e. The van der Waals surface area contributed by atoms with Crippen molar-refractivity contribution in [3.63, 3.8) is 0 Å². The first kappa shape index (κ1) is 15.2. The lowest BCUT2D eigenvalue weighted by Gasteiger charge is -2.33. The summed E-state index contributed by atoms with van der Waals surface area (Å²) in [6.07, 6.45) is 1.75. The average Bonchev–Trinajstić information content (AvgIpc) is 2.41. The summed E-state index contributed by atoms with van der Waals surface area (Å²) in [4.78, 5) is 18.6. The SMILES string of the molecule is C=CC.CC(=O)N1CCN(Oc2ccccc2)CC1. The molecule has 1 heterocycles. The normalized spacial score (nSPS) is 15.2. The molecule has 4 heteroatoms. The molecule has 2 rings (SSSR count). The Kier molecular flexibility index (Phi) is 6.68. The molecule has 1 fully saturated rings. The number of amides is 1. The summed E-state index contributed by atoms with van der Waals surface area (Å²) in [7, 11) is 0. The van der Waals surface area contributed by atoms with Crippen LogP contribution >= 0.6 is 0 Å². The third-order valence-corrected chi connectivity index (χ3v) is 2.66. The highest BCUT2D eigenvalue weighted by Gasteiger charge is 2.19. The first-order valence-electron chi connectivity index (χ1n) is 6.48. The van der Waals surface area contributed by atoms with Gasteiger partial charge in [-0.1, -0.05) is 24.3 Å². The van der Waals surface area contributed by atoms with Crippen LogP contribution in [0.25, 0.3) is 0 Å². The van der Waals surface area contributed by atoms with E-state index < -0.39 is 0 Å². The van der Waals surface area contributed by atoms with E-state index in [0.29, 0.717) is 0 Å². The quantitative estimate of drug-likeness (QED) is 0.767. The molecule has 0 N–H and O–H groups in total. The Hall–Kier alpha value is -1.81. The lowest BCUT2D eigenvalue weighted by atomic mass is 10.3. The zero-order valence-electron chi connectivity index (χ0n) is 11.7. The maximum Gasteiger partial charge on any atom is 0.219 e. The Morgan fingerprint density at radius 1 is 1.21 bits per heavy atom. The highest BCUT2D eigenvalue weighted by molar-refractivity contribution is 5.73. The van der Waals surface area contributed by atoms with Crippen LogP contribution in [-0.2, 0) is 4.79 Å². The molecule has 0 unspecified atom stereocenters. The van der Waals surface area contributed by atoms with Crippen LogP contribution in [0.1, 0.15) is 13.8 Å². The molecular weight excluding hydrogens is 240 g/mol. The fourth-order valence-electron chi connectivity index (χ4n) is 1.72. The van der Waals surface area contributed by atoms with Crippen molar-refractivity contribution in [2.24, 2.45) is 0 Å². The fraction of sp³-hybridized carbons (Fsp3) is 0.400. The largest absolute Gasteiger partial charge is 0.406 e. The van der Waals surface area contributed by atoms with Gasteiger partial charge in [0.25, 0.3) is 0 Å². The predicted molar refractivity (Wildman–Crippen MR) is 76.8 cm³/mol. The summed E-state index contributed by atoms with van der Waals surface area (Å²) in [5.41, 5.74) is 0. The van der Waals surface area contributed by atoms with Crippen LogP contribution < -0.4 is 4.84 Å². The highest BCUT2D eigenvalue weighted by atomic mass is 16.7. The van der Waals surface area contributed by atoms with Crippen LogP contribution in [0.5, 0.6) is 5.75 Å². The standard InChI is InChI=1S/C12H16N2O2.C3H6/c1-11(15)13-7-9-14(10-8-13)16-12-5-3-2-4-6-12;1-3-2/h2-6H,7-10H2,1H3;3H,1H2,2H3. The average molecular weight is 262 g/mol. The van der Waals surface area contributed by atoms with Crippen molar-refractivity contribution in [3.05, 3.63) is 43.0 Å². The lowest BCUT2D eigenvalue weighted by Crippen LogP contribution is -2.49. The van der Waals surface area contributed by atoms with Gasteiger partial charge < -0.3 is 9.74 Å². The van der Waals surface area contributed by atoms with E-state index in [-0.39, 0.29) is 5.91 Å². The topological polar surface area (TPSA) is 32.8 Å². The van der Waals surface area contributed by atoms with Crippen molar-refractivity contribution in [1.29, 1.82) is 0 Å². The molecule has 0 atom stereocenters. The maximum absolute atomic E-state index is 11.1. The molecule has 1 aromatic carbocycles. The van der Waals surface area contributed by atoms with Gasteiger partial charge in [-0.3, -0.25) is 4.79 Å². The molecule has 104 valence electrons. The number of nitrogens with zero attached hydrogens (tertiary/aromatic N) is 2. The Balaban J connectivity index is 0.000000550. The van der Waals surface area contributed by atoms with Gasteiger partial charge in [0.2, 0.25) is 5.91 Å². The van der Waals surface area contributed by atoms with Crippen LogP contribution in [0.4, 0.5) is 0 Å². The Morgan fingerprint density at radius 2 is 1.74 bits per heavy atom. The lowest BCUT2D eigenvalue weighted by molar-refractivity contribution is -0.138. The van der Waals surface area contributed by atoms with Gasteiger partial charge in [0.1, 0.15) is 5.75 Å². The first-order chi connectivity index (χ1) is 9.17.